The van der Waals surface area contributed by atoms with Crippen LogP contribution < -0.4 is 9.64 Å². The highest BCUT2D eigenvalue weighted by Crippen LogP contribution is 2.58. The number of anilines is 1. The van der Waals surface area contributed by atoms with E-state index < -0.39 is 6.10 Å². The SMILES string of the molecule is CCC(C)(C)c1nc(-c2ccnc(N(CC34CCC(c5ccc(OC)c(C)c5)(CC3)CC4)C(=O)[C@H]3CC[C@H](OC(=O)N4CC(O)C4)CC3)c2)co1. The number of oxazole rings is 1. The fourth-order valence-electron chi connectivity index (χ4n) is 8.81. The molecule has 5 aliphatic rings. The number of ether oxygens (including phenoxy) is 2. The molecule has 1 saturated heterocycles. The minimum atomic E-state index is -0.464. The molecule has 3 heterocycles. The summed E-state index contributed by atoms with van der Waals surface area (Å²) in [5, 5.41) is 9.58. The van der Waals surface area contributed by atoms with E-state index in [2.05, 4.69) is 45.9 Å². The minimum absolute atomic E-state index is 0.0251. The molecule has 0 unspecified atom stereocenters. The van der Waals surface area contributed by atoms with Gasteiger partial charge in [0.1, 0.15) is 29.6 Å². The second-order valence-corrected chi connectivity index (χ2v) is 16.5. The Morgan fingerprint density at radius 2 is 1.75 bits per heavy atom. The van der Waals surface area contributed by atoms with Crippen LogP contribution in [0.3, 0.4) is 0 Å². The summed E-state index contributed by atoms with van der Waals surface area (Å²) < 4.78 is 17.3. The summed E-state index contributed by atoms with van der Waals surface area (Å²) in [5.41, 5.74) is 4.23. The maximum absolute atomic E-state index is 14.7. The standard InChI is InChI=1S/C41H54N4O6/c1-6-39(3,4)37-43-33(25-50-37)29-13-20-42-35(22-29)45(36(47)28-7-10-32(11-8-28)51-38(48)44-23-31(46)24-44)26-40-14-17-41(18-15-40,19-16-40)30-9-12-34(49-5)27(2)21-30/h9,12-13,20-22,25,28,31-32,46H,6-8,10-11,14-19,23-24,26H2,1-5H3/t28-,32-,40?,41?. The fraction of sp³-hybridized carbons (Fsp3) is 0.610. The highest BCUT2D eigenvalue weighted by Gasteiger charge is 2.51. The second-order valence-electron chi connectivity index (χ2n) is 16.5. The van der Waals surface area contributed by atoms with Gasteiger partial charge in [0.2, 0.25) is 5.91 Å². The highest BCUT2D eigenvalue weighted by molar-refractivity contribution is 5.95. The number of aliphatic hydroxyl groups excluding tert-OH is 1. The van der Waals surface area contributed by atoms with E-state index in [1.165, 1.54) is 16.0 Å². The Bertz CT molecular complexity index is 1710. The molecule has 1 aliphatic heterocycles. The van der Waals surface area contributed by atoms with Gasteiger partial charge in [-0.25, -0.2) is 14.8 Å². The first-order chi connectivity index (χ1) is 24.4. The first-order valence-corrected chi connectivity index (χ1v) is 19.0. The van der Waals surface area contributed by atoms with Crippen molar-refractivity contribution in [1.29, 1.82) is 0 Å². The summed E-state index contributed by atoms with van der Waals surface area (Å²) in [7, 11) is 1.73. The fourth-order valence-corrected chi connectivity index (χ4v) is 8.81. The molecule has 0 spiro atoms. The largest absolute Gasteiger partial charge is 0.496 e. The van der Waals surface area contributed by atoms with Gasteiger partial charge in [0.05, 0.1) is 26.3 Å². The first-order valence-electron chi connectivity index (χ1n) is 19.0. The van der Waals surface area contributed by atoms with Crippen LogP contribution in [-0.4, -0.2) is 70.9 Å². The number of hydrogen-bond acceptors (Lipinski definition) is 8. The lowest BCUT2D eigenvalue weighted by molar-refractivity contribution is -0.124. The van der Waals surface area contributed by atoms with Crippen molar-refractivity contribution in [2.75, 3.05) is 31.6 Å². The van der Waals surface area contributed by atoms with E-state index in [9.17, 15) is 14.7 Å². The van der Waals surface area contributed by atoms with E-state index in [0.717, 1.165) is 62.0 Å². The van der Waals surface area contributed by atoms with Crippen molar-refractivity contribution in [2.45, 2.75) is 121 Å². The summed E-state index contributed by atoms with van der Waals surface area (Å²) in [5.74, 6) is 2.22. The van der Waals surface area contributed by atoms with Gasteiger partial charge in [-0.3, -0.25) is 9.69 Å². The van der Waals surface area contributed by atoms with Crippen LogP contribution in [0.1, 0.15) is 108 Å². The number of nitrogens with zero attached hydrogens (tertiary/aromatic N) is 4. The Hall–Kier alpha value is -3.92. The normalized spacial score (nSPS) is 26.4. The van der Waals surface area contributed by atoms with Crippen molar-refractivity contribution in [3.63, 3.8) is 0 Å². The van der Waals surface area contributed by atoms with Crippen molar-refractivity contribution < 1.29 is 28.6 Å². The molecule has 4 saturated carbocycles. The smallest absolute Gasteiger partial charge is 0.410 e. The average Bonchev–Trinajstić information content (AvgIpc) is 3.65. The number of carbonyl (C=O) groups is 2. The van der Waals surface area contributed by atoms with Crippen LogP contribution in [0.2, 0.25) is 0 Å². The molecule has 5 fully saturated rings. The lowest BCUT2D eigenvalue weighted by Crippen LogP contribution is -2.54. The molecule has 2 bridgehead atoms. The third-order valence-corrected chi connectivity index (χ3v) is 12.9. The predicted octanol–water partition coefficient (Wildman–Crippen LogP) is 7.74. The van der Waals surface area contributed by atoms with Crippen molar-refractivity contribution in [1.82, 2.24) is 14.9 Å². The number of pyridine rings is 1. The third kappa shape index (κ3) is 7.00. The molecular formula is C41H54N4O6. The number of carbonyl (C=O) groups excluding carboxylic acids is 2. The van der Waals surface area contributed by atoms with Crippen molar-refractivity contribution >= 4 is 17.8 Å². The van der Waals surface area contributed by atoms with Crippen LogP contribution in [-0.2, 0) is 20.4 Å². The molecule has 1 aromatic carbocycles. The van der Waals surface area contributed by atoms with Crippen LogP contribution in [0.5, 0.6) is 5.75 Å². The van der Waals surface area contributed by atoms with Gasteiger partial charge in [-0.1, -0.05) is 32.9 Å². The molecule has 10 heteroatoms. The molecular weight excluding hydrogens is 644 g/mol. The number of amides is 2. The number of likely N-dealkylation sites (tertiary alicyclic amines) is 1. The number of methoxy groups -OCH3 is 1. The molecule has 3 aromatic rings. The topological polar surface area (TPSA) is 118 Å². The lowest BCUT2D eigenvalue weighted by Gasteiger charge is -2.55. The van der Waals surface area contributed by atoms with Crippen LogP contribution in [0.4, 0.5) is 10.6 Å². The number of aromatic nitrogens is 2. The number of aryl methyl sites for hydroxylation is 1. The molecule has 0 radical (unpaired) electrons. The van der Waals surface area contributed by atoms with E-state index in [4.69, 9.17) is 23.9 Å². The van der Waals surface area contributed by atoms with Gasteiger partial charge in [0.25, 0.3) is 0 Å². The van der Waals surface area contributed by atoms with Crippen LogP contribution in [0.25, 0.3) is 11.3 Å². The first kappa shape index (κ1) is 35.5. The molecule has 4 aliphatic carbocycles. The molecule has 274 valence electrons. The molecule has 0 atom stereocenters. The van der Waals surface area contributed by atoms with Gasteiger partial charge in [0, 0.05) is 29.6 Å². The number of β-amino-alcohol motifs (C(OH)–C–C–N with tert-alkyl or cyclic N) is 1. The summed E-state index contributed by atoms with van der Waals surface area (Å²) >= 11 is 0. The third-order valence-electron chi connectivity index (χ3n) is 12.9. The summed E-state index contributed by atoms with van der Waals surface area (Å²) in [4.78, 5) is 40.4. The van der Waals surface area contributed by atoms with Crippen molar-refractivity contribution in [3.05, 3.63) is 59.8 Å². The van der Waals surface area contributed by atoms with Crippen LogP contribution in [0, 0.1) is 18.3 Å². The van der Waals surface area contributed by atoms with Gasteiger partial charge in [-0.15, -0.1) is 0 Å². The predicted molar refractivity (Wildman–Crippen MR) is 195 cm³/mol. The number of benzene rings is 1. The van der Waals surface area contributed by atoms with E-state index in [1.807, 2.05) is 17.0 Å². The molecule has 2 amide bonds. The Morgan fingerprint density at radius 1 is 1.04 bits per heavy atom. The zero-order valence-corrected chi connectivity index (χ0v) is 31.0. The highest BCUT2D eigenvalue weighted by atomic mass is 16.6. The molecule has 8 rings (SSSR count). The lowest BCUT2D eigenvalue weighted by atomic mass is 9.51. The second kappa shape index (κ2) is 13.9. The Labute approximate surface area is 301 Å². The summed E-state index contributed by atoms with van der Waals surface area (Å²) in [6, 6.07) is 10.6. The zero-order chi connectivity index (χ0) is 36.0. The van der Waals surface area contributed by atoms with E-state index in [1.54, 1.807) is 19.6 Å². The molecule has 51 heavy (non-hydrogen) atoms. The maximum Gasteiger partial charge on any atom is 0.410 e. The van der Waals surface area contributed by atoms with Gasteiger partial charge in [-0.05, 0) is 118 Å². The van der Waals surface area contributed by atoms with E-state index in [-0.39, 0.29) is 40.3 Å². The van der Waals surface area contributed by atoms with Gasteiger partial charge in [0.15, 0.2) is 5.89 Å². The van der Waals surface area contributed by atoms with E-state index >= 15 is 0 Å². The Kier molecular flexibility index (Phi) is 9.67. The van der Waals surface area contributed by atoms with Crippen molar-refractivity contribution in [3.8, 4) is 17.0 Å². The van der Waals surface area contributed by atoms with Crippen molar-refractivity contribution in [2.24, 2.45) is 11.3 Å². The van der Waals surface area contributed by atoms with Crippen LogP contribution >= 0.6 is 0 Å². The van der Waals surface area contributed by atoms with Crippen LogP contribution in [0.15, 0.2) is 47.2 Å². The monoisotopic (exact) mass is 698 g/mol. The molecule has 2 aromatic heterocycles. The zero-order valence-electron chi connectivity index (χ0n) is 31.0. The summed E-state index contributed by atoms with van der Waals surface area (Å²) in [6.45, 7) is 9.79. The van der Waals surface area contributed by atoms with Gasteiger partial charge < -0.3 is 23.9 Å². The number of rotatable bonds is 10. The quantitative estimate of drug-likeness (QED) is 0.229. The Balaban J connectivity index is 1.11. The Morgan fingerprint density at radius 3 is 2.37 bits per heavy atom. The number of aliphatic hydroxyl groups is 1. The minimum Gasteiger partial charge on any atom is -0.496 e. The summed E-state index contributed by atoms with van der Waals surface area (Å²) in [6.07, 6.45) is 12.4. The van der Waals surface area contributed by atoms with Gasteiger partial charge >= 0.3 is 6.09 Å². The average molecular weight is 699 g/mol. The maximum atomic E-state index is 14.7. The number of fused-ring (bicyclic) bond motifs is 3. The molecule has 10 nitrogen and oxygen atoms in total. The number of hydrogen-bond donors (Lipinski definition) is 1. The van der Waals surface area contributed by atoms with Gasteiger partial charge in [-0.2, -0.15) is 0 Å². The van der Waals surface area contributed by atoms with E-state index in [0.29, 0.717) is 57.0 Å². The molecule has 1 N–H and O–H groups in total.